The fourth-order valence-electron chi connectivity index (χ4n) is 5.28. The van der Waals surface area contributed by atoms with Gasteiger partial charge in [-0.05, 0) is 60.0 Å². The predicted molar refractivity (Wildman–Crippen MR) is 159 cm³/mol. The van der Waals surface area contributed by atoms with Crippen molar-refractivity contribution >= 4 is 23.1 Å². The third-order valence-corrected chi connectivity index (χ3v) is 7.81. The molecule has 0 radical (unpaired) electrons. The summed E-state index contributed by atoms with van der Waals surface area (Å²) in [6.45, 7) is 6.32. The van der Waals surface area contributed by atoms with Gasteiger partial charge in [0, 0.05) is 51.5 Å². The Labute approximate surface area is 241 Å². The fourth-order valence-corrected chi connectivity index (χ4v) is 5.28. The van der Waals surface area contributed by atoms with E-state index in [1.807, 2.05) is 74.4 Å². The number of ether oxygens (including phenoxy) is 2. The number of hydrogen-bond donors (Lipinski definition) is 1. The molecule has 8 heteroatoms. The number of aryl methyl sites for hydroxylation is 1. The Kier molecular flexibility index (Phi) is 8.71. The van der Waals surface area contributed by atoms with Crippen LogP contribution in [0.15, 0.2) is 78.4 Å². The summed E-state index contributed by atoms with van der Waals surface area (Å²) < 4.78 is 11.4. The van der Waals surface area contributed by atoms with Gasteiger partial charge in [-0.25, -0.2) is 0 Å². The minimum absolute atomic E-state index is 0.100. The van der Waals surface area contributed by atoms with E-state index in [-0.39, 0.29) is 11.3 Å². The number of Topliss-reactive ketones (excluding diaryl/α,β-unsaturated/α-hetero) is 1. The van der Waals surface area contributed by atoms with E-state index in [4.69, 9.17) is 9.47 Å². The zero-order valence-corrected chi connectivity index (χ0v) is 23.9. The molecule has 0 bridgehead atoms. The monoisotopic (exact) mass is 555 g/mol. The zero-order chi connectivity index (χ0) is 28.9. The lowest BCUT2D eigenvalue weighted by molar-refractivity contribution is -0.140. The van der Waals surface area contributed by atoms with Gasteiger partial charge in [0.1, 0.15) is 18.1 Å². The minimum Gasteiger partial charge on any atom is -0.507 e. The number of aliphatic hydroxyl groups excluding tert-OH is 1. The molecule has 1 unspecified atom stereocenters. The second kappa shape index (κ2) is 12.6. The molecule has 214 valence electrons. The fraction of sp³-hybridized carbons (Fsp3) is 0.333. The largest absolute Gasteiger partial charge is 0.507 e. The van der Waals surface area contributed by atoms with E-state index in [0.717, 1.165) is 35.5 Å². The molecule has 3 aromatic carbocycles. The molecule has 41 heavy (non-hydrogen) atoms. The smallest absolute Gasteiger partial charge is 0.295 e. The molecule has 0 spiro atoms. The van der Waals surface area contributed by atoms with Crippen LogP contribution in [0.4, 0.5) is 5.69 Å². The molecule has 0 aliphatic carbocycles. The molecule has 0 aromatic heterocycles. The van der Waals surface area contributed by atoms with Crippen molar-refractivity contribution < 1.29 is 24.2 Å². The summed E-state index contributed by atoms with van der Waals surface area (Å²) in [6.07, 6.45) is 0. The zero-order valence-electron chi connectivity index (χ0n) is 23.9. The first-order chi connectivity index (χ1) is 19.8. The molecule has 2 aliphatic heterocycles. The number of ketones is 1. The van der Waals surface area contributed by atoms with Crippen LogP contribution < -0.4 is 9.64 Å². The standard InChI is InChI=1S/C33H37N3O5/c1-23-6-4-5-7-26(23)22-41-28-14-10-25(11-15-28)31(37)29-30(24-8-12-27(13-9-24)34(2)3)36(33(39)32(29)38)17-16-35-18-20-40-21-19-35/h4-15,30,37H,16-22H2,1-3H3/b31-29+. The van der Waals surface area contributed by atoms with Crippen molar-refractivity contribution in [1.29, 1.82) is 0 Å². The van der Waals surface area contributed by atoms with Gasteiger partial charge in [-0.3, -0.25) is 14.5 Å². The van der Waals surface area contributed by atoms with Crippen molar-refractivity contribution in [1.82, 2.24) is 9.80 Å². The summed E-state index contributed by atoms with van der Waals surface area (Å²) in [7, 11) is 3.91. The number of amides is 1. The molecule has 3 aromatic rings. The van der Waals surface area contributed by atoms with Crippen LogP contribution >= 0.6 is 0 Å². The molecule has 2 fully saturated rings. The van der Waals surface area contributed by atoms with Gasteiger partial charge < -0.3 is 24.4 Å². The van der Waals surface area contributed by atoms with Crippen molar-refractivity contribution in [3.05, 3.63) is 101 Å². The molecule has 1 amide bonds. The number of benzene rings is 3. The normalized spacial score (nSPS) is 19.0. The number of likely N-dealkylation sites (tertiary alicyclic amines) is 1. The number of carbonyl (C=O) groups is 2. The van der Waals surface area contributed by atoms with E-state index >= 15 is 0 Å². The maximum Gasteiger partial charge on any atom is 0.295 e. The Hall–Kier alpha value is -4.14. The Morgan fingerprint density at radius 3 is 2.29 bits per heavy atom. The second-order valence-corrected chi connectivity index (χ2v) is 10.7. The van der Waals surface area contributed by atoms with Crippen LogP contribution in [0.3, 0.4) is 0 Å². The molecule has 2 saturated heterocycles. The number of morpholine rings is 1. The third kappa shape index (κ3) is 6.29. The number of carbonyl (C=O) groups excluding carboxylic acids is 2. The lowest BCUT2D eigenvalue weighted by atomic mass is 9.95. The van der Waals surface area contributed by atoms with Gasteiger partial charge in [-0.1, -0.05) is 36.4 Å². The van der Waals surface area contributed by atoms with Gasteiger partial charge in [0.2, 0.25) is 0 Å². The first kappa shape index (κ1) is 28.4. The van der Waals surface area contributed by atoms with E-state index < -0.39 is 17.7 Å². The quantitative estimate of drug-likeness (QED) is 0.238. The maximum atomic E-state index is 13.4. The lowest BCUT2D eigenvalue weighted by Crippen LogP contribution is -2.42. The van der Waals surface area contributed by atoms with E-state index in [1.54, 1.807) is 29.2 Å². The summed E-state index contributed by atoms with van der Waals surface area (Å²) in [4.78, 5) is 32.6. The summed E-state index contributed by atoms with van der Waals surface area (Å²) >= 11 is 0. The summed E-state index contributed by atoms with van der Waals surface area (Å²) in [5.41, 5.74) is 4.57. The molecule has 2 heterocycles. The van der Waals surface area contributed by atoms with E-state index in [0.29, 0.717) is 44.2 Å². The molecular weight excluding hydrogens is 518 g/mol. The summed E-state index contributed by atoms with van der Waals surface area (Å²) in [5, 5.41) is 11.5. The van der Waals surface area contributed by atoms with Crippen molar-refractivity contribution in [3.63, 3.8) is 0 Å². The second-order valence-electron chi connectivity index (χ2n) is 10.7. The van der Waals surface area contributed by atoms with Crippen LogP contribution in [0.5, 0.6) is 5.75 Å². The third-order valence-electron chi connectivity index (χ3n) is 7.81. The minimum atomic E-state index is -0.691. The van der Waals surface area contributed by atoms with Crippen molar-refractivity contribution in [2.75, 3.05) is 58.4 Å². The van der Waals surface area contributed by atoms with E-state index in [9.17, 15) is 14.7 Å². The molecule has 0 saturated carbocycles. The van der Waals surface area contributed by atoms with Crippen LogP contribution in [0.1, 0.15) is 28.3 Å². The van der Waals surface area contributed by atoms with Crippen molar-refractivity contribution in [3.8, 4) is 5.75 Å². The molecule has 8 nitrogen and oxygen atoms in total. The SMILES string of the molecule is Cc1ccccc1COc1ccc(/C(O)=C2\C(=O)C(=O)N(CCN3CCOCC3)C2c2ccc(N(C)C)cc2)cc1. The summed E-state index contributed by atoms with van der Waals surface area (Å²) in [6, 6.07) is 22.1. The Morgan fingerprint density at radius 1 is 0.951 bits per heavy atom. The van der Waals surface area contributed by atoms with Crippen LogP contribution in [-0.4, -0.2) is 80.1 Å². The molecular formula is C33H37N3O5. The highest BCUT2D eigenvalue weighted by molar-refractivity contribution is 6.46. The predicted octanol–water partition coefficient (Wildman–Crippen LogP) is 4.39. The van der Waals surface area contributed by atoms with Crippen LogP contribution in [0, 0.1) is 6.92 Å². The molecule has 1 atom stereocenters. The highest BCUT2D eigenvalue weighted by Crippen LogP contribution is 2.40. The first-order valence-corrected chi connectivity index (χ1v) is 14.0. The Morgan fingerprint density at radius 2 is 1.63 bits per heavy atom. The average molecular weight is 556 g/mol. The molecule has 1 N–H and O–H groups in total. The van der Waals surface area contributed by atoms with Crippen LogP contribution in [-0.2, 0) is 20.9 Å². The number of rotatable bonds is 9. The van der Waals surface area contributed by atoms with Gasteiger partial charge in [0.05, 0.1) is 24.8 Å². The lowest BCUT2D eigenvalue weighted by Gasteiger charge is -2.31. The highest BCUT2D eigenvalue weighted by Gasteiger charge is 2.46. The topological polar surface area (TPSA) is 82.5 Å². The van der Waals surface area contributed by atoms with Gasteiger partial charge in [0.25, 0.3) is 11.7 Å². The molecule has 2 aliphatic rings. The van der Waals surface area contributed by atoms with Gasteiger partial charge >= 0.3 is 0 Å². The van der Waals surface area contributed by atoms with Crippen molar-refractivity contribution in [2.45, 2.75) is 19.6 Å². The van der Waals surface area contributed by atoms with E-state index in [1.165, 1.54) is 0 Å². The maximum absolute atomic E-state index is 13.4. The van der Waals surface area contributed by atoms with Gasteiger partial charge in [-0.15, -0.1) is 0 Å². The van der Waals surface area contributed by atoms with Gasteiger partial charge in [0.15, 0.2) is 0 Å². The van der Waals surface area contributed by atoms with Crippen LogP contribution in [0.2, 0.25) is 0 Å². The first-order valence-electron chi connectivity index (χ1n) is 14.0. The van der Waals surface area contributed by atoms with Crippen molar-refractivity contribution in [2.24, 2.45) is 0 Å². The van der Waals surface area contributed by atoms with E-state index in [2.05, 4.69) is 4.90 Å². The number of anilines is 1. The Balaban J connectivity index is 1.43. The number of aliphatic hydroxyl groups is 1. The number of nitrogens with zero attached hydrogens (tertiary/aromatic N) is 3. The highest BCUT2D eigenvalue weighted by atomic mass is 16.5. The summed E-state index contributed by atoms with van der Waals surface area (Å²) in [5.74, 6) is -0.818. The number of hydrogen-bond acceptors (Lipinski definition) is 7. The average Bonchev–Trinajstić information content (AvgIpc) is 3.25. The van der Waals surface area contributed by atoms with Gasteiger partial charge in [-0.2, -0.15) is 0 Å². The Bertz CT molecular complexity index is 1410. The van der Waals surface area contributed by atoms with Crippen LogP contribution in [0.25, 0.3) is 5.76 Å². The molecule has 5 rings (SSSR count).